The van der Waals surface area contributed by atoms with Gasteiger partial charge in [0.2, 0.25) is 5.76 Å². The molecule has 2 heterocycles. The van der Waals surface area contributed by atoms with Crippen LogP contribution in [0.1, 0.15) is 10.6 Å². The van der Waals surface area contributed by atoms with Crippen LogP contribution in [-0.2, 0) is 9.53 Å². The van der Waals surface area contributed by atoms with Gasteiger partial charge in [0, 0.05) is 11.1 Å². The van der Waals surface area contributed by atoms with Gasteiger partial charge in [-0.2, -0.15) is 0 Å². The van der Waals surface area contributed by atoms with E-state index in [0.717, 1.165) is 5.39 Å². The van der Waals surface area contributed by atoms with Gasteiger partial charge in [0.05, 0.1) is 11.0 Å². The van der Waals surface area contributed by atoms with Gasteiger partial charge < -0.3 is 24.4 Å². The number of esters is 1. The summed E-state index contributed by atoms with van der Waals surface area (Å²) in [4.78, 5) is 40.4. The second-order valence-corrected chi connectivity index (χ2v) is 5.61. The summed E-state index contributed by atoms with van der Waals surface area (Å²) in [5, 5.41) is 3.37. The number of benzene rings is 2. The topological polar surface area (TPSA) is 117 Å². The van der Waals surface area contributed by atoms with Crippen LogP contribution < -0.4 is 11.0 Å². The minimum absolute atomic E-state index is 0.0327. The third kappa shape index (κ3) is 3.07. The maximum Gasteiger partial charge on any atom is 0.374 e. The highest BCUT2D eigenvalue weighted by Crippen LogP contribution is 2.19. The molecular formula is C18H13N3O5. The van der Waals surface area contributed by atoms with Gasteiger partial charge in [-0.3, -0.25) is 4.79 Å². The van der Waals surface area contributed by atoms with Crippen molar-refractivity contribution in [3.05, 3.63) is 64.8 Å². The summed E-state index contributed by atoms with van der Waals surface area (Å²) in [7, 11) is 0. The minimum atomic E-state index is -0.721. The lowest BCUT2D eigenvalue weighted by atomic mass is 10.2. The number of imidazole rings is 1. The summed E-state index contributed by atoms with van der Waals surface area (Å²) in [5.41, 5.74) is 1.90. The number of hydrogen-bond donors (Lipinski definition) is 3. The van der Waals surface area contributed by atoms with Crippen LogP contribution in [0.4, 0.5) is 5.69 Å². The Kier molecular flexibility index (Phi) is 3.77. The summed E-state index contributed by atoms with van der Waals surface area (Å²) in [5.74, 6) is -1.20. The van der Waals surface area contributed by atoms with Crippen molar-refractivity contribution in [3.63, 3.8) is 0 Å². The van der Waals surface area contributed by atoms with Gasteiger partial charge in [0.1, 0.15) is 5.58 Å². The molecule has 8 heteroatoms. The number of carbonyl (C=O) groups excluding carboxylic acids is 2. The smallest absolute Gasteiger partial charge is 0.374 e. The van der Waals surface area contributed by atoms with E-state index in [0.29, 0.717) is 22.3 Å². The minimum Gasteiger partial charge on any atom is -0.450 e. The van der Waals surface area contributed by atoms with Crippen LogP contribution in [0.2, 0.25) is 0 Å². The van der Waals surface area contributed by atoms with Gasteiger partial charge in [-0.1, -0.05) is 18.2 Å². The predicted octanol–water partition coefficient (Wildman–Crippen LogP) is 2.40. The quantitative estimate of drug-likeness (QED) is 0.488. The molecule has 0 atom stereocenters. The van der Waals surface area contributed by atoms with Gasteiger partial charge in [0.25, 0.3) is 5.91 Å². The maximum atomic E-state index is 12.0. The number of anilines is 1. The molecule has 0 spiro atoms. The first kappa shape index (κ1) is 15.7. The third-order valence-corrected chi connectivity index (χ3v) is 3.76. The second kappa shape index (κ2) is 6.25. The van der Waals surface area contributed by atoms with Crippen molar-refractivity contribution >= 4 is 39.6 Å². The van der Waals surface area contributed by atoms with Crippen molar-refractivity contribution in [2.24, 2.45) is 0 Å². The van der Waals surface area contributed by atoms with Gasteiger partial charge in [-0.05, 0) is 30.3 Å². The molecule has 4 rings (SSSR count). The zero-order valence-corrected chi connectivity index (χ0v) is 13.4. The van der Waals surface area contributed by atoms with Crippen LogP contribution in [0, 0.1) is 0 Å². The van der Waals surface area contributed by atoms with Crippen molar-refractivity contribution in [2.45, 2.75) is 0 Å². The number of H-pyrrole nitrogens is 2. The Balaban J connectivity index is 1.39. The van der Waals surface area contributed by atoms with Gasteiger partial charge in [-0.15, -0.1) is 0 Å². The molecule has 2 aromatic carbocycles. The molecule has 1 amide bonds. The highest BCUT2D eigenvalue weighted by Gasteiger charge is 2.15. The first-order valence-electron chi connectivity index (χ1n) is 7.76. The van der Waals surface area contributed by atoms with Crippen molar-refractivity contribution in [2.75, 3.05) is 11.9 Å². The summed E-state index contributed by atoms with van der Waals surface area (Å²) >= 11 is 0. The highest BCUT2D eigenvalue weighted by molar-refractivity contribution is 5.97. The van der Waals surface area contributed by atoms with Crippen LogP contribution >= 0.6 is 0 Å². The summed E-state index contributed by atoms with van der Waals surface area (Å²) < 4.78 is 10.4. The van der Waals surface area contributed by atoms with Crippen LogP contribution in [-0.4, -0.2) is 28.5 Å². The molecule has 2 aromatic heterocycles. The Hall–Kier alpha value is -3.81. The fourth-order valence-corrected chi connectivity index (χ4v) is 2.59. The Morgan fingerprint density at radius 1 is 1.04 bits per heavy atom. The number of aromatic amines is 2. The van der Waals surface area contributed by atoms with Crippen LogP contribution in [0.5, 0.6) is 0 Å². The highest BCUT2D eigenvalue weighted by atomic mass is 16.5. The number of furan rings is 1. The van der Waals surface area contributed by atoms with Crippen LogP contribution in [0.25, 0.3) is 22.0 Å². The number of ether oxygens (including phenoxy) is 1. The zero-order valence-electron chi connectivity index (χ0n) is 13.4. The Morgan fingerprint density at radius 2 is 1.85 bits per heavy atom. The zero-order chi connectivity index (χ0) is 18.1. The SMILES string of the molecule is O=C(COC(=O)c1cc2ccccc2o1)Nc1ccc2[nH]c(=O)[nH]c2c1. The number of carbonyl (C=O) groups is 2. The molecule has 0 aliphatic heterocycles. The van der Waals surface area contributed by atoms with Gasteiger partial charge in [0.15, 0.2) is 6.61 Å². The Labute approximate surface area is 145 Å². The van der Waals surface area contributed by atoms with E-state index in [9.17, 15) is 14.4 Å². The maximum absolute atomic E-state index is 12.0. The van der Waals surface area contributed by atoms with E-state index in [-0.39, 0.29) is 11.4 Å². The summed E-state index contributed by atoms with van der Waals surface area (Å²) in [6.07, 6.45) is 0. The largest absolute Gasteiger partial charge is 0.450 e. The number of para-hydroxylation sites is 1. The van der Waals surface area contributed by atoms with E-state index in [4.69, 9.17) is 9.15 Å². The molecule has 0 bridgehead atoms. The molecule has 130 valence electrons. The molecule has 0 saturated heterocycles. The number of hydrogen-bond acceptors (Lipinski definition) is 5. The Bertz CT molecular complexity index is 1150. The third-order valence-electron chi connectivity index (χ3n) is 3.76. The second-order valence-electron chi connectivity index (χ2n) is 5.61. The van der Waals surface area contributed by atoms with E-state index in [2.05, 4.69) is 15.3 Å². The predicted molar refractivity (Wildman–Crippen MR) is 94.0 cm³/mol. The molecule has 0 aliphatic rings. The van der Waals surface area contributed by atoms with Gasteiger partial charge >= 0.3 is 11.7 Å². The van der Waals surface area contributed by atoms with Crippen molar-refractivity contribution < 1.29 is 18.7 Å². The lowest BCUT2D eigenvalue weighted by Gasteiger charge is -2.05. The molecule has 0 radical (unpaired) electrons. The molecule has 0 unspecified atom stereocenters. The fourth-order valence-electron chi connectivity index (χ4n) is 2.59. The van der Waals surface area contributed by atoms with Crippen LogP contribution in [0.15, 0.2) is 57.7 Å². The van der Waals surface area contributed by atoms with Crippen molar-refractivity contribution in [1.82, 2.24) is 9.97 Å². The summed E-state index contributed by atoms with van der Waals surface area (Å²) in [6.45, 7) is -0.461. The van der Waals surface area contributed by atoms with Gasteiger partial charge in [-0.25, -0.2) is 9.59 Å². The number of nitrogens with one attached hydrogen (secondary N) is 3. The summed E-state index contributed by atoms with van der Waals surface area (Å²) in [6, 6.07) is 13.6. The first-order valence-corrected chi connectivity index (χ1v) is 7.76. The van der Waals surface area contributed by atoms with E-state index >= 15 is 0 Å². The van der Waals surface area contributed by atoms with Crippen molar-refractivity contribution in [1.29, 1.82) is 0 Å². The molecular weight excluding hydrogens is 338 g/mol. The average molecular weight is 351 g/mol. The van der Waals surface area contributed by atoms with Crippen molar-refractivity contribution in [3.8, 4) is 0 Å². The lowest BCUT2D eigenvalue weighted by Crippen LogP contribution is -2.20. The first-order chi connectivity index (χ1) is 12.6. The normalized spacial score (nSPS) is 10.9. The van der Waals surface area contributed by atoms with Crippen LogP contribution in [0.3, 0.4) is 0 Å². The molecule has 8 nitrogen and oxygen atoms in total. The number of amides is 1. The standard InChI is InChI=1S/C18H13N3O5/c22-16(19-11-5-6-12-13(8-11)21-18(24)20-12)9-25-17(23)15-7-10-3-1-2-4-14(10)26-15/h1-8H,9H2,(H,19,22)(H2,20,21,24). The van der Waals surface area contributed by atoms with E-state index in [1.807, 2.05) is 12.1 Å². The average Bonchev–Trinajstić information content (AvgIpc) is 3.21. The molecule has 4 aromatic rings. The van der Waals surface area contributed by atoms with E-state index < -0.39 is 18.5 Å². The monoisotopic (exact) mass is 351 g/mol. The molecule has 3 N–H and O–H groups in total. The molecule has 0 fully saturated rings. The molecule has 26 heavy (non-hydrogen) atoms. The number of aromatic nitrogens is 2. The van der Waals surface area contributed by atoms with E-state index in [1.54, 1.807) is 36.4 Å². The molecule has 0 aliphatic carbocycles. The fraction of sp³-hybridized carbons (Fsp3) is 0.0556. The molecule has 0 saturated carbocycles. The Morgan fingerprint density at radius 3 is 2.69 bits per heavy atom. The number of fused-ring (bicyclic) bond motifs is 2. The lowest BCUT2D eigenvalue weighted by molar-refractivity contribution is -0.119. The number of rotatable bonds is 4. The van der Waals surface area contributed by atoms with E-state index in [1.165, 1.54) is 0 Å².